The van der Waals surface area contributed by atoms with Crippen LogP contribution < -0.4 is 10.2 Å². The molecule has 1 aliphatic heterocycles. The Kier molecular flexibility index (Phi) is 6.71. The van der Waals surface area contributed by atoms with Gasteiger partial charge in [-0.15, -0.1) is 0 Å². The van der Waals surface area contributed by atoms with E-state index in [0.717, 1.165) is 11.8 Å². The molecular weight excluding hydrogens is 428 g/mol. The summed E-state index contributed by atoms with van der Waals surface area (Å²) in [5.41, 5.74) is -2.86. The largest absolute Gasteiger partial charge is 0.417 e. The molecule has 2 N–H and O–H groups in total. The maximum atomic E-state index is 13.1. The molecule has 0 aromatic heterocycles. The van der Waals surface area contributed by atoms with Crippen molar-refractivity contribution in [1.82, 2.24) is 4.90 Å². The Morgan fingerprint density at radius 1 is 1.12 bits per heavy atom. The number of hydrogen-bond acceptors (Lipinski definition) is 5. The lowest BCUT2D eigenvalue weighted by molar-refractivity contribution is -0.138. The zero-order valence-electron chi connectivity index (χ0n) is 17.3. The van der Waals surface area contributed by atoms with Crippen LogP contribution in [-0.2, 0) is 11.0 Å². The number of alkyl halides is 3. The van der Waals surface area contributed by atoms with Crippen molar-refractivity contribution < 1.29 is 27.5 Å². The second kappa shape index (κ2) is 9.14. The number of hydrogen-bond donors (Lipinski definition) is 2. The molecule has 2 aromatic rings. The van der Waals surface area contributed by atoms with Gasteiger partial charge in [-0.25, -0.2) is 4.39 Å². The Morgan fingerprint density at radius 2 is 1.75 bits per heavy atom. The van der Waals surface area contributed by atoms with Crippen LogP contribution in [0, 0.1) is 17.1 Å². The summed E-state index contributed by atoms with van der Waals surface area (Å²) in [6.45, 7) is 3.56. The first-order valence-corrected chi connectivity index (χ1v) is 9.87. The van der Waals surface area contributed by atoms with Crippen molar-refractivity contribution in [2.24, 2.45) is 0 Å². The van der Waals surface area contributed by atoms with Crippen LogP contribution in [-0.4, -0.2) is 54.2 Å². The standard InChI is InChI=1S/C22H22F4N4O2/c1-21(32,14-29-8-10-30(11-9-29)18-6-3-16(23)4-7-18)20(31)28-17-5-2-15(13-27)19(12-17)22(24,25)26/h2-7,12,32H,8-11,14H2,1H3,(H,28,31). The number of carbonyl (C=O) groups excluding carboxylic acids is 1. The number of anilines is 2. The molecule has 1 aliphatic rings. The van der Waals surface area contributed by atoms with Crippen LogP contribution in [0.25, 0.3) is 0 Å². The number of halogens is 4. The third-order valence-electron chi connectivity index (χ3n) is 5.29. The first kappa shape index (κ1) is 23.5. The van der Waals surface area contributed by atoms with Gasteiger partial charge in [0.2, 0.25) is 0 Å². The minimum Gasteiger partial charge on any atom is -0.379 e. The van der Waals surface area contributed by atoms with Crippen LogP contribution in [0.3, 0.4) is 0 Å². The number of carbonyl (C=O) groups is 1. The lowest BCUT2D eigenvalue weighted by Gasteiger charge is -2.38. The average molecular weight is 450 g/mol. The van der Waals surface area contributed by atoms with Gasteiger partial charge in [-0.3, -0.25) is 9.69 Å². The number of piperazine rings is 1. The van der Waals surface area contributed by atoms with Crippen LogP contribution in [0.5, 0.6) is 0 Å². The second-order valence-electron chi connectivity index (χ2n) is 7.84. The van der Waals surface area contributed by atoms with Crippen molar-refractivity contribution in [3.63, 3.8) is 0 Å². The molecule has 0 radical (unpaired) electrons. The quantitative estimate of drug-likeness (QED) is 0.684. The number of rotatable bonds is 5. The third-order valence-corrected chi connectivity index (χ3v) is 5.29. The summed E-state index contributed by atoms with van der Waals surface area (Å²) in [6, 6.07) is 10.4. The van der Waals surface area contributed by atoms with E-state index in [4.69, 9.17) is 5.26 Å². The van der Waals surface area contributed by atoms with E-state index >= 15 is 0 Å². The number of nitriles is 1. The number of nitrogens with zero attached hydrogens (tertiary/aromatic N) is 3. The van der Waals surface area contributed by atoms with Crippen molar-refractivity contribution in [2.45, 2.75) is 18.7 Å². The third kappa shape index (κ3) is 5.55. The van der Waals surface area contributed by atoms with E-state index < -0.39 is 28.8 Å². The molecule has 10 heteroatoms. The Morgan fingerprint density at radius 3 is 2.31 bits per heavy atom. The number of β-amino-alcohol motifs (C(OH)–C–C–N with tert-alkyl or cyclic N) is 1. The molecule has 1 amide bonds. The first-order chi connectivity index (χ1) is 15.0. The average Bonchev–Trinajstić information content (AvgIpc) is 2.74. The van der Waals surface area contributed by atoms with Gasteiger partial charge >= 0.3 is 6.18 Å². The summed E-state index contributed by atoms with van der Waals surface area (Å²) >= 11 is 0. The highest BCUT2D eigenvalue weighted by Crippen LogP contribution is 2.33. The van der Waals surface area contributed by atoms with Crippen molar-refractivity contribution >= 4 is 17.3 Å². The van der Waals surface area contributed by atoms with E-state index in [1.807, 2.05) is 4.90 Å². The van der Waals surface area contributed by atoms with Gasteiger partial charge < -0.3 is 15.3 Å². The van der Waals surface area contributed by atoms with Gasteiger partial charge in [-0.2, -0.15) is 18.4 Å². The number of benzene rings is 2. The summed E-state index contributed by atoms with van der Waals surface area (Å²) in [5, 5.41) is 21.8. The molecule has 1 heterocycles. The smallest absolute Gasteiger partial charge is 0.379 e. The molecule has 0 spiro atoms. The normalized spacial score (nSPS) is 16.8. The topological polar surface area (TPSA) is 79.6 Å². The van der Waals surface area contributed by atoms with Gasteiger partial charge in [0.1, 0.15) is 5.82 Å². The van der Waals surface area contributed by atoms with Crippen molar-refractivity contribution in [2.75, 3.05) is 42.9 Å². The van der Waals surface area contributed by atoms with E-state index in [0.29, 0.717) is 32.2 Å². The molecule has 170 valence electrons. The number of aliphatic hydroxyl groups is 1. The van der Waals surface area contributed by atoms with E-state index in [1.165, 1.54) is 31.2 Å². The lowest BCUT2D eigenvalue weighted by Crippen LogP contribution is -2.54. The van der Waals surface area contributed by atoms with Gasteiger partial charge in [0.25, 0.3) is 5.91 Å². The summed E-state index contributed by atoms with van der Waals surface area (Å²) in [4.78, 5) is 16.5. The molecule has 2 aromatic carbocycles. The summed E-state index contributed by atoms with van der Waals surface area (Å²) in [5.74, 6) is -1.17. The van der Waals surface area contributed by atoms with Crippen molar-refractivity contribution in [1.29, 1.82) is 5.26 Å². The minimum absolute atomic E-state index is 0.0154. The molecule has 0 bridgehead atoms. The van der Waals surface area contributed by atoms with E-state index in [1.54, 1.807) is 12.1 Å². The fourth-order valence-corrected chi connectivity index (χ4v) is 3.54. The molecule has 1 unspecified atom stereocenters. The predicted molar refractivity (Wildman–Crippen MR) is 110 cm³/mol. The zero-order valence-corrected chi connectivity index (χ0v) is 17.3. The maximum absolute atomic E-state index is 13.1. The van der Waals surface area contributed by atoms with Crippen LogP contribution in [0.15, 0.2) is 42.5 Å². The fourth-order valence-electron chi connectivity index (χ4n) is 3.54. The van der Waals surface area contributed by atoms with Crippen LogP contribution in [0.2, 0.25) is 0 Å². The molecule has 0 aliphatic carbocycles. The van der Waals surface area contributed by atoms with E-state index in [-0.39, 0.29) is 18.0 Å². The molecule has 6 nitrogen and oxygen atoms in total. The Bertz CT molecular complexity index is 1010. The van der Waals surface area contributed by atoms with Crippen LogP contribution in [0.1, 0.15) is 18.1 Å². The highest BCUT2D eigenvalue weighted by atomic mass is 19.4. The first-order valence-electron chi connectivity index (χ1n) is 9.87. The van der Waals surface area contributed by atoms with E-state index in [9.17, 15) is 27.5 Å². The fraction of sp³-hybridized carbons (Fsp3) is 0.364. The molecular formula is C22H22F4N4O2. The second-order valence-corrected chi connectivity index (χ2v) is 7.84. The summed E-state index contributed by atoms with van der Waals surface area (Å²) in [6.07, 6.45) is -4.75. The SMILES string of the molecule is CC(O)(CN1CCN(c2ccc(F)cc2)CC1)C(=O)Nc1ccc(C#N)c(C(F)(F)F)c1. The van der Waals surface area contributed by atoms with Gasteiger partial charge in [0, 0.05) is 44.1 Å². The van der Waals surface area contributed by atoms with Gasteiger partial charge in [-0.05, 0) is 49.4 Å². The lowest BCUT2D eigenvalue weighted by atomic mass is 10.0. The molecule has 1 saturated heterocycles. The monoisotopic (exact) mass is 450 g/mol. The molecule has 1 atom stereocenters. The molecule has 3 rings (SSSR count). The highest BCUT2D eigenvalue weighted by Gasteiger charge is 2.36. The highest BCUT2D eigenvalue weighted by molar-refractivity contribution is 5.97. The Hall–Kier alpha value is -3.16. The van der Waals surface area contributed by atoms with E-state index in [2.05, 4.69) is 10.2 Å². The zero-order chi connectivity index (χ0) is 23.5. The van der Waals surface area contributed by atoms with Gasteiger partial charge in [0.05, 0.1) is 17.2 Å². The molecule has 0 saturated carbocycles. The van der Waals surface area contributed by atoms with Crippen molar-refractivity contribution in [3.05, 3.63) is 59.4 Å². The number of amides is 1. The van der Waals surface area contributed by atoms with Crippen LogP contribution >= 0.6 is 0 Å². The predicted octanol–water partition coefficient (Wildman–Crippen LogP) is 3.23. The Balaban J connectivity index is 1.60. The van der Waals surface area contributed by atoms with Crippen molar-refractivity contribution in [3.8, 4) is 6.07 Å². The van der Waals surface area contributed by atoms with Gasteiger partial charge in [-0.1, -0.05) is 0 Å². The summed E-state index contributed by atoms with van der Waals surface area (Å²) in [7, 11) is 0. The Labute approximate surface area is 182 Å². The molecule has 1 fully saturated rings. The van der Waals surface area contributed by atoms with Gasteiger partial charge in [0.15, 0.2) is 5.60 Å². The maximum Gasteiger partial charge on any atom is 0.417 e. The van der Waals surface area contributed by atoms with Crippen LogP contribution in [0.4, 0.5) is 28.9 Å². The summed E-state index contributed by atoms with van der Waals surface area (Å²) < 4.78 is 52.5. The number of nitrogens with one attached hydrogen (secondary N) is 1. The molecule has 32 heavy (non-hydrogen) atoms. The minimum atomic E-state index is -4.75.